The van der Waals surface area contributed by atoms with Gasteiger partial charge in [0.25, 0.3) is 0 Å². The first kappa shape index (κ1) is 14.5. The summed E-state index contributed by atoms with van der Waals surface area (Å²) in [6.07, 6.45) is 3.81. The number of rotatable bonds is 0. The van der Waals surface area contributed by atoms with Crippen molar-refractivity contribution < 1.29 is 29.7 Å². The molecule has 15 heavy (non-hydrogen) atoms. The second-order valence-electron chi connectivity index (χ2n) is 2.75. The van der Waals surface area contributed by atoms with E-state index in [4.69, 9.17) is 11.6 Å². The second-order valence-corrected chi connectivity index (χ2v) is 5.00. The Balaban J connectivity index is 0.000000265. The summed E-state index contributed by atoms with van der Waals surface area (Å²) < 4.78 is 62.9. The molecule has 0 N–H and O–H groups in total. The van der Waals surface area contributed by atoms with Gasteiger partial charge in [0.15, 0.2) is 0 Å². The molecule has 0 bridgehead atoms. The predicted octanol–water partition coefficient (Wildman–Crippen LogP) is 3.89. The van der Waals surface area contributed by atoms with Crippen molar-refractivity contribution in [3.63, 3.8) is 0 Å². The molecule has 0 aliphatic carbocycles. The van der Waals surface area contributed by atoms with E-state index >= 15 is 0 Å². The Bertz CT molecular complexity index is 323. The van der Waals surface area contributed by atoms with Crippen LogP contribution in [0.2, 0.25) is 5.28 Å². The summed E-state index contributed by atoms with van der Waals surface area (Å²) in [6, 6.07) is 0. The van der Waals surface area contributed by atoms with Crippen LogP contribution in [-0.4, -0.2) is 4.57 Å². The molecule has 0 fully saturated rings. The second kappa shape index (κ2) is 3.25. The van der Waals surface area contributed by atoms with Gasteiger partial charge in [0, 0.05) is 11.6 Å². The van der Waals surface area contributed by atoms with Crippen LogP contribution in [0.25, 0.3) is 0 Å². The molecule has 0 aromatic carbocycles. The van der Waals surface area contributed by atoms with Gasteiger partial charge in [-0.05, 0) is 0 Å². The standard InChI is InChI=1S/C5H8ClN2.F6P/c1-7-3-4-8(2)5(7)6;1-7(2,3,4,5)6/h3-4H,1-2H3;/q+1;-1. The SMILES string of the molecule is Cn1cc[n+](C)c1Cl.F[P-](F)(F)(F)(F)F. The Labute approximate surface area is 86.3 Å². The third-order valence-corrected chi connectivity index (χ3v) is 1.63. The summed E-state index contributed by atoms with van der Waals surface area (Å²) in [6.45, 7) is 0. The number of imidazole rings is 1. The summed E-state index contributed by atoms with van der Waals surface area (Å²) >= 11 is 5.72. The van der Waals surface area contributed by atoms with Crippen LogP contribution in [0.3, 0.4) is 0 Å². The summed E-state index contributed by atoms with van der Waals surface area (Å²) in [5.74, 6) is 0. The number of hydrogen-bond acceptors (Lipinski definition) is 0. The molecule has 10 heteroatoms. The van der Waals surface area contributed by atoms with Crippen molar-refractivity contribution in [2.75, 3.05) is 0 Å². The van der Waals surface area contributed by atoms with Crippen molar-refractivity contribution >= 4 is 19.4 Å². The average Bonchev–Trinajstić information content (AvgIpc) is 2.13. The van der Waals surface area contributed by atoms with Crippen LogP contribution in [0.15, 0.2) is 12.4 Å². The zero-order valence-corrected chi connectivity index (χ0v) is 9.29. The molecule has 2 nitrogen and oxygen atoms in total. The van der Waals surface area contributed by atoms with Crippen LogP contribution in [0.4, 0.5) is 25.2 Å². The number of nitrogens with zero attached hydrogens (tertiary/aromatic N) is 2. The number of hydrogen-bond donors (Lipinski definition) is 0. The van der Waals surface area contributed by atoms with E-state index in [-0.39, 0.29) is 0 Å². The fraction of sp³-hybridized carbons (Fsp3) is 0.400. The van der Waals surface area contributed by atoms with Crippen molar-refractivity contribution in [3.8, 4) is 0 Å². The first-order valence-electron chi connectivity index (χ1n) is 3.39. The molecule has 1 rings (SSSR count). The average molecular weight is 277 g/mol. The monoisotopic (exact) mass is 276 g/mol. The van der Waals surface area contributed by atoms with E-state index in [1.165, 1.54) is 0 Å². The van der Waals surface area contributed by atoms with E-state index in [1.807, 2.05) is 35.6 Å². The maximum absolute atomic E-state index is 10.7. The van der Waals surface area contributed by atoms with Gasteiger partial charge in [-0.2, -0.15) is 0 Å². The zero-order chi connectivity index (χ0) is 12.6. The number of aromatic nitrogens is 2. The van der Waals surface area contributed by atoms with Crippen molar-refractivity contribution in [3.05, 3.63) is 17.7 Å². The summed E-state index contributed by atoms with van der Waals surface area (Å²) in [7, 11) is -6.85. The maximum atomic E-state index is 9.87. The Hall–Kier alpha value is -0.490. The van der Waals surface area contributed by atoms with Gasteiger partial charge < -0.3 is 0 Å². The molecule has 0 amide bonds. The zero-order valence-electron chi connectivity index (χ0n) is 7.64. The van der Waals surface area contributed by atoms with Gasteiger partial charge in [0.2, 0.25) is 0 Å². The Morgan fingerprint density at radius 2 is 1.53 bits per heavy atom. The molecule has 92 valence electrons. The van der Waals surface area contributed by atoms with E-state index in [1.54, 1.807) is 0 Å². The van der Waals surface area contributed by atoms with E-state index in [0.717, 1.165) is 5.28 Å². The van der Waals surface area contributed by atoms with Crippen molar-refractivity contribution in [2.45, 2.75) is 0 Å². The predicted molar refractivity (Wildman–Crippen MR) is 45.2 cm³/mol. The Kier molecular flexibility index (Phi) is 3.14. The minimum absolute atomic E-state index is 0.741. The molecule has 0 spiro atoms. The van der Waals surface area contributed by atoms with Crippen molar-refractivity contribution in [2.24, 2.45) is 14.1 Å². The Morgan fingerprint density at radius 1 is 1.20 bits per heavy atom. The first-order chi connectivity index (χ1) is 6.16. The Morgan fingerprint density at radius 3 is 1.60 bits per heavy atom. The molecule has 0 saturated heterocycles. The van der Waals surface area contributed by atoms with Crippen molar-refractivity contribution in [1.29, 1.82) is 0 Å². The van der Waals surface area contributed by atoms with Crippen molar-refractivity contribution in [1.82, 2.24) is 4.57 Å². The summed E-state index contributed by atoms with van der Waals surface area (Å²) in [5, 5.41) is 0.741. The minimum atomic E-state index is -10.7. The molecule has 0 unspecified atom stereocenters. The van der Waals surface area contributed by atoms with Crippen LogP contribution in [0.5, 0.6) is 0 Å². The molecule has 0 radical (unpaired) electrons. The number of halogens is 7. The quantitative estimate of drug-likeness (QED) is 0.386. The topological polar surface area (TPSA) is 8.81 Å². The van der Waals surface area contributed by atoms with Crippen LogP contribution < -0.4 is 4.57 Å². The van der Waals surface area contributed by atoms with E-state index < -0.39 is 7.81 Å². The fourth-order valence-electron chi connectivity index (χ4n) is 0.572. The normalized spacial score (nSPS) is 16.1. The summed E-state index contributed by atoms with van der Waals surface area (Å²) in [5.41, 5.74) is 0. The van der Waals surface area contributed by atoms with Gasteiger partial charge in [-0.15, -0.1) is 0 Å². The van der Waals surface area contributed by atoms with E-state index in [2.05, 4.69) is 0 Å². The van der Waals surface area contributed by atoms with Gasteiger partial charge in [-0.1, -0.05) is 0 Å². The first-order valence-corrected chi connectivity index (χ1v) is 5.80. The van der Waals surface area contributed by atoms with Crippen LogP contribution >= 0.6 is 19.4 Å². The van der Waals surface area contributed by atoms with E-state index in [0.29, 0.717) is 0 Å². The van der Waals surface area contributed by atoms with Crippen LogP contribution in [0.1, 0.15) is 0 Å². The van der Waals surface area contributed by atoms with Gasteiger partial charge in [-0.25, -0.2) is 9.13 Å². The molecular weight excluding hydrogens is 268 g/mol. The van der Waals surface area contributed by atoms with Crippen LogP contribution in [0, 0.1) is 0 Å². The molecule has 0 saturated carbocycles. The third-order valence-electron chi connectivity index (χ3n) is 1.10. The molecule has 0 atom stereocenters. The van der Waals surface area contributed by atoms with Crippen LogP contribution in [-0.2, 0) is 14.1 Å². The molecular formula is C5H8ClF6N2P. The molecule has 0 aliphatic heterocycles. The molecule has 0 aliphatic rings. The van der Waals surface area contributed by atoms with Gasteiger partial charge in [-0.3, -0.25) is 0 Å². The van der Waals surface area contributed by atoms with Gasteiger partial charge in [0.05, 0.1) is 14.1 Å². The fourth-order valence-corrected chi connectivity index (χ4v) is 0.685. The van der Waals surface area contributed by atoms with Gasteiger partial charge >= 0.3 is 38.3 Å². The molecule has 1 aromatic rings. The molecule has 1 aromatic heterocycles. The number of aryl methyl sites for hydroxylation is 2. The van der Waals surface area contributed by atoms with E-state index in [9.17, 15) is 25.2 Å². The van der Waals surface area contributed by atoms with Gasteiger partial charge in [0.1, 0.15) is 12.4 Å². The summed E-state index contributed by atoms with van der Waals surface area (Å²) in [4.78, 5) is 0. The molecule has 1 heterocycles. The third kappa shape index (κ3) is 11.4.